The number of methoxy groups -OCH3 is 1. The summed E-state index contributed by atoms with van der Waals surface area (Å²) < 4.78 is 5.38. The van der Waals surface area contributed by atoms with Crippen molar-refractivity contribution in [2.45, 2.75) is 26.3 Å². The van der Waals surface area contributed by atoms with E-state index in [0.717, 1.165) is 42.8 Å². The van der Waals surface area contributed by atoms with E-state index in [-0.39, 0.29) is 0 Å². The van der Waals surface area contributed by atoms with Gasteiger partial charge in [0.25, 0.3) is 0 Å². The summed E-state index contributed by atoms with van der Waals surface area (Å²) in [7, 11) is 3.56. The number of likely N-dealkylation sites (tertiary alicyclic amines) is 1. The van der Waals surface area contributed by atoms with Crippen molar-refractivity contribution in [1.82, 2.24) is 10.2 Å². The molecule has 4 nitrogen and oxygen atoms in total. The molecule has 1 N–H and O–H groups in total. The third kappa shape index (κ3) is 3.65. The lowest BCUT2D eigenvalue weighted by atomic mass is 9.99. The first-order valence-corrected chi connectivity index (χ1v) is 7.32. The van der Waals surface area contributed by atoms with Gasteiger partial charge in [0.05, 0.1) is 7.11 Å². The fourth-order valence-corrected chi connectivity index (χ4v) is 2.58. The quantitative estimate of drug-likeness (QED) is 0.680. The second kappa shape index (κ2) is 7.17. The second-order valence-electron chi connectivity index (χ2n) is 5.38. The molecule has 20 heavy (non-hydrogen) atoms. The van der Waals surface area contributed by atoms with E-state index < -0.39 is 0 Å². The molecule has 0 radical (unpaired) electrons. The molecule has 0 spiro atoms. The molecule has 0 aliphatic carbocycles. The molecule has 0 amide bonds. The number of rotatable bonds is 3. The maximum atomic E-state index is 5.38. The van der Waals surface area contributed by atoms with Gasteiger partial charge in [0.15, 0.2) is 5.96 Å². The van der Waals surface area contributed by atoms with Gasteiger partial charge in [-0.05, 0) is 24.8 Å². The first-order valence-electron chi connectivity index (χ1n) is 7.32. The van der Waals surface area contributed by atoms with Crippen molar-refractivity contribution in [2.75, 3.05) is 27.2 Å². The van der Waals surface area contributed by atoms with Crippen LogP contribution in [-0.2, 0) is 6.54 Å². The van der Waals surface area contributed by atoms with E-state index in [2.05, 4.69) is 28.2 Å². The van der Waals surface area contributed by atoms with Crippen molar-refractivity contribution in [1.29, 1.82) is 0 Å². The highest BCUT2D eigenvalue weighted by Gasteiger charge is 2.18. The maximum Gasteiger partial charge on any atom is 0.193 e. The van der Waals surface area contributed by atoms with Crippen LogP contribution in [0.25, 0.3) is 0 Å². The van der Waals surface area contributed by atoms with Gasteiger partial charge < -0.3 is 15.0 Å². The molecule has 1 aliphatic rings. The van der Waals surface area contributed by atoms with Crippen LogP contribution in [0.4, 0.5) is 0 Å². The summed E-state index contributed by atoms with van der Waals surface area (Å²) in [5.41, 5.74) is 1.15. The molecule has 0 unspecified atom stereocenters. The Morgan fingerprint density at radius 1 is 1.35 bits per heavy atom. The molecule has 0 bridgehead atoms. The summed E-state index contributed by atoms with van der Waals surface area (Å²) in [6.07, 6.45) is 2.49. The molecule has 110 valence electrons. The number of benzene rings is 1. The van der Waals surface area contributed by atoms with E-state index in [1.54, 1.807) is 7.11 Å². The lowest BCUT2D eigenvalue weighted by Gasteiger charge is -2.33. The van der Waals surface area contributed by atoms with Gasteiger partial charge in [0.2, 0.25) is 0 Å². The Hall–Kier alpha value is -1.71. The van der Waals surface area contributed by atoms with E-state index in [1.165, 1.54) is 12.8 Å². The van der Waals surface area contributed by atoms with Crippen molar-refractivity contribution in [2.24, 2.45) is 10.9 Å². The summed E-state index contributed by atoms with van der Waals surface area (Å²) in [6.45, 7) is 5.24. The van der Waals surface area contributed by atoms with Crippen molar-refractivity contribution in [3.8, 4) is 5.75 Å². The number of ether oxygens (including phenoxy) is 1. The molecule has 1 aromatic carbocycles. The van der Waals surface area contributed by atoms with Crippen LogP contribution in [0.2, 0.25) is 0 Å². The molecule has 1 heterocycles. The Labute approximate surface area is 121 Å². The summed E-state index contributed by atoms with van der Waals surface area (Å²) in [6, 6.07) is 8.09. The molecule has 1 aromatic rings. The van der Waals surface area contributed by atoms with E-state index >= 15 is 0 Å². The van der Waals surface area contributed by atoms with Gasteiger partial charge in [-0.1, -0.05) is 25.1 Å². The maximum absolute atomic E-state index is 5.38. The Balaban J connectivity index is 1.94. The Morgan fingerprint density at radius 2 is 2.05 bits per heavy atom. The highest BCUT2D eigenvalue weighted by molar-refractivity contribution is 5.80. The number of hydrogen-bond donors (Lipinski definition) is 1. The third-order valence-corrected chi connectivity index (χ3v) is 3.92. The lowest BCUT2D eigenvalue weighted by Crippen LogP contribution is -2.45. The zero-order valence-corrected chi connectivity index (χ0v) is 12.7. The fraction of sp³-hybridized carbons (Fsp3) is 0.562. The van der Waals surface area contributed by atoms with Crippen LogP contribution in [0, 0.1) is 5.92 Å². The molecule has 4 heteroatoms. The highest BCUT2D eigenvalue weighted by Crippen LogP contribution is 2.18. The number of hydrogen-bond acceptors (Lipinski definition) is 2. The summed E-state index contributed by atoms with van der Waals surface area (Å²) in [5.74, 6) is 2.74. The number of nitrogens with one attached hydrogen (secondary N) is 1. The third-order valence-electron chi connectivity index (χ3n) is 3.92. The highest BCUT2D eigenvalue weighted by atomic mass is 16.5. The molecule has 0 atom stereocenters. The standard InChI is InChI=1S/C16H25N3O/c1-13-8-10-19(11-9-13)16(17-2)18-12-14-6-4-5-7-15(14)20-3/h4-7,13H,8-12H2,1-3H3,(H,17,18). The monoisotopic (exact) mass is 275 g/mol. The smallest absolute Gasteiger partial charge is 0.193 e. The summed E-state index contributed by atoms with van der Waals surface area (Å²) in [4.78, 5) is 6.74. The predicted octanol–water partition coefficient (Wildman–Crippen LogP) is 2.50. The molecule has 0 saturated carbocycles. The minimum absolute atomic E-state index is 0.739. The first-order chi connectivity index (χ1) is 9.74. The number of guanidine groups is 1. The molecule has 0 aromatic heterocycles. The van der Waals surface area contributed by atoms with Crippen molar-refractivity contribution in [3.63, 3.8) is 0 Å². The van der Waals surface area contributed by atoms with Gasteiger partial charge in [-0.2, -0.15) is 0 Å². The topological polar surface area (TPSA) is 36.9 Å². The molecular weight excluding hydrogens is 250 g/mol. The van der Waals surface area contributed by atoms with Crippen LogP contribution in [0.3, 0.4) is 0 Å². The molecular formula is C16H25N3O. The van der Waals surface area contributed by atoms with E-state index in [9.17, 15) is 0 Å². The van der Waals surface area contributed by atoms with Gasteiger partial charge in [0, 0.05) is 32.2 Å². The number of nitrogens with zero attached hydrogens (tertiary/aromatic N) is 2. The minimum atomic E-state index is 0.739. The van der Waals surface area contributed by atoms with E-state index in [4.69, 9.17) is 4.74 Å². The first kappa shape index (κ1) is 14.7. The lowest BCUT2D eigenvalue weighted by molar-refractivity contribution is 0.273. The number of aliphatic imine (C=N–C) groups is 1. The predicted molar refractivity (Wildman–Crippen MR) is 83.2 cm³/mol. The molecule has 2 rings (SSSR count). The van der Waals surface area contributed by atoms with Gasteiger partial charge in [-0.25, -0.2) is 0 Å². The normalized spacial score (nSPS) is 17.1. The van der Waals surface area contributed by atoms with Crippen molar-refractivity contribution in [3.05, 3.63) is 29.8 Å². The number of piperidine rings is 1. The van der Waals surface area contributed by atoms with E-state index in [0.29, 0.717) is 0 Å². The largest absolute Gasteiger partial charge is 0.496 e. The zero-order chi connectivity index (χ0) is 14.4. The average Bonchev–Trinajstić information content (AvgIpc) is 2.50. The Kier molecular flexibility index (Phi) is 5.27. The minimum Gasteiger partial charge on any atom is -0.496 e. The Morgan fingerprint density at radius 3 is 2.70 bits per heavy atom. The Bertz CT molecular complexity index is 451. The zero-order valence-electron chi connectivity index (χ0n) is 12.7. The van der Waals surface area contributed by atoms with Crippen molar-refractivity contribution >= 4 is 5.96 Å². The fourth-order valence-electron chi connectivity index (χ4n) is 2.58. The molecule has 1 fully saturated rings. The molecule has 1 aliphatic heterocycles. The van der Waals surface area contributed by atoms with Gasteiger partial charge in [0.1, 0.15) is 5.75 Å². The van der Waals surface area contributed by atoms with Gasteiger partial charge >= 0.3 is 0 Å². The van der Waals surface area contributed by atoms with Crippen LogP contribution >= 0.6 is 0 Å². The second-order valence-corrected chi connectivity index (χ2v) is 5.38. The van der Waals surface area contributed by atoms with Crippen LogP contribution < -0.4 is 10.1 Å². The molecule has 1 saturated heterocycles. The average molecular weight is 275 g/mol. The SMILES string of the molecule is CN=C(NCc1ccccc1OC)N1CCC(C)CC1. The van der Waals surface area contributed by atoms with E-state index in [1.807, 2.05) is 25.2 Å². The van der Waals surface area contributed by atoms with Crippen LogP contribution in [0.5, 0.6) is 5.75 Å². The summed E-state index contributed by atoms with van der Waals surface area (Å²) in [5, 5.41) is 3.44. The van der Waals surface area contributed by atoms with Crippen LogP contribution in [0.15, 0.2) is 29.3 Å². The van der Waals surface area contributed by atoms with Crippen LogP contribution in [-0.4, -0.2) is 38.1 Å². The van der Waals surface area contributed by atoms with Gasteiger partial charge in [-0.3, -0.25) is 4.99 Å². The van der Waals surface area contributed by atoms with Crippen LogP contribution in [0.1, 0.15) is 25.3 Å². The summed E-state index contributed by atoms with van der Waals surface area (Å²) >= 11 is 0. The van der Waals surface area contributed by atoms with Gasteiger partial charge in [-0.15, -0.1) is 0 Å². The van der Waals surface area contributed by atoms with Crippen molar-refractivity contribution < 1.29 is 4.74 Å². The number of para-hydroxylation sites is 1.